The summed E-state index contributed by atoms with van der Waals surface area (Å²) < 4.78 is 10.7. The number of anilines is 1. The highest BCUT2D eigenvalue weighted by atomic mass is 16.6. The van der Waals surface area contributed by atoms with E-state index in [4.69, 9.17) is 15.3 Å². The molecule has 9 heteroatoms. The predicted octanol–water partition coefficient (Wildman–Crippen LogP) is 1.78. The first-order valence-corrected chi connectivity index (χ1v) is 5.85. The fraction of sp³-hybridized carbons (Fsp3) is 0.167. The van der Waals surface area contributed by atoms with E-state index in [0.29, 0.717) is 11.3 Å². The molecule has 0 spiro atoms. The van der Waals surface area contributed by atoms with Crippen LogP contribution in [0.1, 0.15) is 5.56 Å². The number of nitro benzene ring substituents is 1. The van der Waals surface area contributed by atoms with Crippen LogP contribution in [0.15, 0.2) is 24.5 Å². The molecule has 0 fully saturated rings. The van der Waals surface area contributed by atoms with Crippen molar-refractivity contribution < 1.29 is 14.4 Å². The number of benzene rings is 1. The molecule has 0 unspecified atom stereocenters. The van der Waals surface area contributed by atoms with E-state index in [0.717, 1.165) is 0 Å². The van der Waals surface area contributed by atoms with Crippen LogP contribution in [0.2, 0.25) is 0 Å². The number of nitrogens with two attached hydrogens (primary N) is 1. The number of nitrogen functional groups attached to an aromatic ring is 1. The third kappa shape index (κ3) is 2.98. The number of hydrogen-bond acceptors (Lipinski definition) is 8. The van der Waals surface area contributed by atoms with Crippen molar-refractivity contribution in [2.24, 2.45) is 5.84 Å². The van der Waals surface area contributed by atoms with Crippen molar-refractivity contribution >= 4 is 11.5 Å². The van der Waals surface area contributed by atoms with Crippen molar-refractivity contribution in [3.63, 3.8) is 0 Å². The molecule has 2 rings (SSSR count). The van der Waals surface area contributed by atoms with E-state index in [2.05, 4.69) is 15.4 Å². The van der Waals surface area contributed by atoms with E-state index in [1.165, 1.54) is 25.6 Å². The van der Waals surface area contributed by atoms with Gasteiger partial charge < -0.3 is 14.9 Å². The van der Waals surface area contributed by atoms with E-state index in [1.54, 1.807) is 13.0 Å². The van der Waals surface area contributed by atoms with Crippen molar-refractivity contribution in [2.45, 2.75) is 6.92 Å². The standard InChI is InChI=1S/C12H13N5O4/c1-7-3-4-8(17(18)19)5-9(7)21-12-10(20-2)11(16-13)14-6-15-12/h3-6H,13H2,1-2H3,(H,14,15,16). The van der Waals surface area contributed by atoms with Crippen LogP contribution >= 0.6 is 0 Å². The summed E-state index contributed by atoms with van der Waals surface area (Å²) in [4.78, 5) is 18.1. The largest absolute Gasteiger partial charge is 0.489 e. The van der Waals surface area contributed by atoms with Crippen LogP contribution in [0.4, 0.5) is 11.5 Å². The zero-order valence-electron chi connectivity index (χ0n) is 11.4. The lowest BCUT2D eigenvalue weighted by Crippen LogP contribution is -2.11. The minimum absolute atomic E-state index is 0.0826. The zero-order chi connectivity index (χ0) is 15.4. The van der Waals surface area contributed by atoms with E-state index in [9.17, 15) is 10.1 Å². The first-order valence-electron chi connectivity index (χ1n) is 5.85. The summed E-state index contributed by atoms with van der Waals surface area (Å²) in [6.07, 6.45) is 1.24. The summed E-state index contributed by atoms with van der Waals surface area (Å²) in [5.41, 5.74) is 2.98. The van der Waals surface area contributed by atoms with E-state index in [1.807, 2.05) is 0 Å². The molecule has 1 aromatic carbocycles. The van der Waals surface area contributed by atoms with Crippen LogP contribution in [0.3, 0.4) is 0 Å². The van der Waals surface area contributed by atoms with Crippen molar-refractivity contribution in [2.75, 3.05) is 12.5 Å². The average Bonchev–Trinajstić information content (AvgIpc) is 2.48. The highest BCUT2D eigenvalue weighted by Crippen LogP contribution is 2.35. The molecule has 0 aliphatic carbocycles. The van der Waals surface area contributed by atoms with Crippen molar-refractivity contribution in [3.05, 3.63) is 40.2 Å². The smallest absolute Gasteiger partial charge is 0.273 e. The summed E-state index contributed by atoms with van der Waals surface area (Å²) in [5, 5.41) is 10.8. The van der Waals surface area contributed by atoms with Gasteiger partial charge in [-0.15, -0.1) is 0 Å². The molecule has 0 atom stereocenters. The number of hydrogen-bond donors (Lipinski definition) is 2. The maximum absolute atomic E-state index is 10.8. The SMILES string of the molecule is COc1c(NN)ncnc1Oc1cc([N+](=O)[O-])ccc1C. The van der Waals surface area contributed by atoms with Crippen molar-refractivity contribution in [1.29, 1.82) is 0 Å². The second kappa shape index (κ2) is 6.01. The topological polar surface area (TPSA) is 125 Å². The molecule has 0 amide bonds. The van der Waals surface area contributed by atoms with E-state index in [-0.39, 0.29) is 23.1 Å². The molecule has 21 heavy (non-hydrogen) atoms. The molecule has 110 valence electrons. The summed E-state index contributed by atoms with van der Waals surface area (Å²) in [7, 11) is 1.41. The number of aromatic nitrogens is 2. The lowest BCUT2D eigenvalue weighted by atomic mass is 10.2. The number of rotatable bonds is 5. The Morgan fingerprint density at radius 2 is 2.14 bits per heavy atom. The fourth-order valence-electron chi connectivity index (χ4n) is 1.63. The van der Waals surface area contributed by atoms with Crippen molar-refractivity contribution in [1.82, 2.24) is 9.97 Å². The van der Waals surface area contributed by atoms with Gasteiger partial charge in [0.2, 0.25) is 5.75 Å². The Hall–Kier alpha value is -2.94. The quantitative estimate of drug-likeness (QED) is 0.485. The third-order valence-electron chi connectivity index (χ3n) is 2.70. The summed E-state index contributed by atoms with van der Waals surface area (Å²) in [6.45, 7) is 1.76. The molecule has 3 N–H and O–H groups in total. The predicted molar refractivity (Wildman–Crippen MR) is 74.3 cm³/mol. The van der Waals surface area contributed by atoms with Crippen LogP contribution in [-0.2, 0) is 0 Å². The minimum Gasteiger partial charge on any atom is -0.489 e. The van der Waals surface area contributed by atoms with Gasteiger partial charge in [0, 0.05) is 6.07 Å². The fourth-order valence-corrected chi connectivity index (χ4v) is 1.63. The highest BCUT2D eigenvalue weighted by molar-refractivity contribution is 5.56. The lowest BCUT2D eigenvalue weighted by molar-refractivity contribution is -0.384. The first kappa shape index (κ1) is 14.5. The maximum Gasteiger partial charge on any atom is 0.273 e. The van der Waals surface area contributed by atoms with Gasteiger partial charge in [-0.25, -0.2) is 10.8 Å². The number of hydrazine groups is 1. The van der Waals surface area contributed by atoms with Gasteiger partial charge in [-0.05, 0) is 18.6 Å². The molecule has 2 aromatic rings. The van der Waals surface area contributed by atoms with Crippen LogP contribution in [-0.4, -0.2) is 22.0 Å². The molecule has 0 aliphatic rings. The molecule has 0 bridgehead atoms. The lowest BCUT2D eigenvalue weighted by Gasteiger charge is -2.12. The van der Waals surface area contributed by atoms with E-state index >= 15 is 0 Å². The normalized spacial score (nSPS) is 10.0. The molecule has 9 nitrogen and oxygen atoms in total. The number of aryl methyl sites for hydroxylation is 1. The highest BCUT2D eigenvalue weighted by Gasteiger charge is 2.16. The Balaban J connectivity index is 2.43. The molecular formula is C12H13N5O4. The Bertz CT molecular complexity index is 677. The molecule has 0 saturated carbocycles. The molecule has 0 aliphatic heterocycles. The molecule has 1 aromatic heterocycles. The monoisotopic (exact) mass is 291 g/mol. The van der Waals surface area contributed by atoms with Gasteiger partial charge >= 0.3 is 0 Å². The van der Waals surface area contributed by atoms with E-state index < -0.39 is 4.92 Å². The third-order valence-corrected chi connectivity index (χ3v) is 2.70. The second-order valence-electron chi connectivity index (χ2n) is 4.01. The minimum atomic E-state index is -0.504. The van der Waals surface area contributed by atoms with Crippen LogP contribution in [0, 0.1) is 17.0 Å². The molecular weight excluding hydrogens is 278 g/mol. The molecule has 0 radical (unpaired) electrons. The van der Waals surface area contributed by atoms with Gasteiger partial charge in [-0.1, -0.05) is 0 Å². The number of methoxy groups -OCH3 is 1. The Morgan fingerprint density at radius 1 is 1.38 bits per heavy atom. The number of nitro groups is 1. The summed E-state index contributed by atoms with van der Waals surface area (Å²) in [6, 6.07) is 4.29. The number of ether oxygens (including phenoxy) is 2. The van der Waals surface area contributed by atoms with Gasteiger partial charge in [-0.2, -0.15) is 4.98 Å². The van der Waals surface area contributed by atoms with Gasteiger partial charge in [0.1, 0.15) is 12.1 Å². The summed E-state index contributed by atoms with van der Waals surface area (Å²) >= 11 is 0. The first-order chi connectivity index (χ1) is 10.1. The Morgan fingerprint density at radius 3 is 2.76 bits per heavy atom. The van der Waals surface area contributed by atoms with Gasteiger partial charge in [-0.3, -0.25) is 10.1 Å². The van der Waals surface area contributed by atoms with Gasteiger partial charge in [0.25, 0.3) is 11.6 Å². The number of nitrogens with zero attached hydrogens (tertiary/aromatic N) is 3. The summed E-state index contributed by atoms with van der Waals surface area (Å²) in [5.74, 6) is 6.15. The number of non-ortho nitro benzene ring substituents is 1. The van der Waals surface area contributed by atoms with Crippen LogP contribution < -0.4 is 20.7 Å². The van der Waals surface area contributed by atoms with Crippen LogP contribution in [0.5, 0.6) is 17.4 Å². The van der Waals surface area contributed by atoms with Gasteiger partial charge in [0.15, 0.2) is 5.82 Å². The second-order valence-corrected chi connectivity index (χ2v) is 4.01. The van der Waals surface area contributed by atoms with Crippen LogP contribution in [0.25, 0.3) is 0 Å². The Labute approximate surface area is 119 Å². The maximum atomic E-state index is 10.8. The zero-order valence-corrected chi connectivity index (χ0v) is 11.4. The molecule has 0 saturated heterocycles. The van der Waals surface area contributed by atoms with Gasteiger partial charge in [0.05, 0.1) is 18.1 Å². The average molecular weight is 291 g/mol. The number of nitrogens with one attached hydrogen (secondary N) is 1. The molecule has 1 heterocycles. The Kier molecular flexibility index (Phi) is 4.14. The van der Waals surface area contributed by atoms with Crippen molar-refractivity contribution in [3.8, 4) is 17.4 Å².